The van der Waals surface area contributed by atoms with E-state index >= 15 is 0 Å². The number of hydrogen-bond acceptors (Lipinski definition) is 4. The lowest BCUT2D eigenvalue weighted by Gasteiger charge is -2.39. The number of carbonyl (C=O) groups is 1. The van der Waals surface area contributed by atoms with Crippen molar-refractivity contribution >= 4 is 11.7 Å². The molecular formula is C18H23F2N3O2. The molecule has 3 heterocycles. The van der Waals surface area contributed by atoms with E-state index in [9.17, 15) is 13.6 Å². The Kier molecular flexibility index (Phi) is 3.76. The number of amides is 1. The number of aromatic nitrogens is 1. The standard InChI is InChI=1S/C18H23F2N3O2/c1-11-7-12-13(8-21-16(12)24)22-15(11)23-6-3-14(18(19,20)9-23)25-10-17(2)4-5-17/h7,14H,3-6,8-10H2,1-2H3,(H,21,24)/t14-/m0/s1. The quantitative estimate of drug-likeness (QED) is 0.906. The van der Waals surface area contributed by atoms with Crippen molar-refractivity contribution in [3.63, 3.8) is 0 Å². The molecular weight excluding hydrogens is 328 g/mol. The van der Waals surface area contributed by atoms with Crippen LogP contribution in [0.1, 0.15) is 47.8 Å². The summed E-state index contributed by atoms with van der Waals surface area (Å²) >= 11 is 0. The van der Waals surface area contributed by atoms with Crippen LogP contribution in [0.15, 0.2) is 6.07 Å². The molecule has 1 aromatic rings. The highest BCUT2D eigenvalue weighted by Crippen LogP contribution is 2.46. The smallest absolute Gasteiger partial charge is 0.290 e. The van der Waals surface area contributed by atoms with E-state index in [-0.39, 0.29) is 17.7 Å². The van der Waals surface area contributed by atoms with Crippen molar-refractivity contribution in [2.75, 3.05) is 24.6 Å². The Hall–Kier alpha value is -1.76. The molecule has 3 aliphatic rings. The van der Waals surface area contributed by atoms with Crippen molar-refractivity contribution in [3.05, 3.63) is 22.9 Å². The van der Waals surface area contributed by atoms with Gasteiger partial charge in [-0.15, -0.1) is 0 Å². The molecule has 4 rings (SSSR count). The molecule has 7 heteroatoms. The molecule has 1 N–H and O–H groups in total. The number of aryl methyl sites for hydroxylation is 1. The van der Waals surface area contributed by atoms with E-state index in [4.69, 9.17) is 4.74 Å². The number of hydrogen-bond donors (Lipinski definition) is 1. The molecule has 0 radical (unpaired) electrons. The molecule has 0 spiro atoms. The van der Waals surface area contributed by atoms with E-state index in [0.29, 0.717) is 36.8 Å². The van der Waals surface area contributed by atoms with Gasteiger partial charge < -0.3 is 15.0 Å². The highest BCUT2D eigenvalue weighted by molar-refractivity contribution is 5.98. The van der Waals surface area contributed by atoms with Crippen LogP contribution in [0.2, 0.25) is 0 Å². The summed E-state index contributed by atoms with van der Waals surface area (Å²) in [6.07, 6.45) is 1.36. The lowest BCUT2D eigenvalue weighted by Crippen LogP contribution is -2.53. The van der Waals surface area contributed by atoms with Gasteiger partial charge in [0.15, 0.2) is 0 Å². The molecule has 1 atom stereocenters. The van der Waals surface area contributed by atoms with Gasteiger partial charge in [0.1, 0.15) is 11.9 Å². The number of pyridine rings is 1. The zero-order valence-corrected chi connectivity index (χ0v) is 14.6. The van der Waals surface area contributed by atoms with Crippen molar-refractivity contribution in [3.8, 4) is 0 Å². The minimum absolute atomic E-state index is 0.102. The maximum atomic E-state index is 14.6. The monoisotopic (exact) mass is 351 g/mol. The second kappa shape index (κ2) is 5.62. The van der Waals surface area contributed by atoms with Gasteiger partial charge >= 0.3 is 0 Å². The number of anilines is 1. The fourth-order valence-corrected chi connectivity index (χ4v) is 3.52. The number of piperidine rings is 1. The molecule has 0 aromatic carbocycles. The summed E-state index contributed by atoms with van der Waals surface area (Å²) in [7, 11) is 0. The van der Waals surface area contributed by atoms with E-state index in [1.807, 2.05) is 6.92 Å². The number of halogens is 2. The SMILES string of the molecule is Cc1cc2c(nc1N1CC[C@H](OCC3(C)CC3)C(F)(F)C1)CNC2=O. The molecule has 0 bridgehead atoms. The molecule has 25 heavy (non-hydrogen) atoms. The van der Waals surface area contributed by atoms with Gasteiger partial charge in [0.2, 0.25) is 0 Å². The summed E-state index contributed by atoms with van der Waals surface area (Å²) in [5.74, 6) is -2.52. The molecule has 2 fully saturated rings. The molecule has 1 saturated heterocycles. The summed E-state index contributed by atoms with van der Waals surface area (Å²) in [5, 5.41) is 2.71. The largest absolute Gasteiger partial charge is 0.371 e. The summed E-state index contributed by atoms with van der Waals surface area (Å²) in [6.45, 7) is 4.73. The molecule has 1 amide bonds. The van der Waals surface area contributed by atoms with E-state index in [2.05, 4.69) is 17.2 Å². The first-order valence-corrected chi connectivity index (χ1v) is 8.81. The van der Waals surface area contributed by atoms with Crippen LogP contribution in [0.3, 0.4) is 0 Å². The van der Waals surface area contributed by atoms with Gasteiger partial charge in [0, 0.05) is 6.54 Å². The Balaban J connectivity index is 1.49. The third kappa shape index (κ3) is 3.10. The molecule has 1 aromatic heterocycles. The lowest BCUT2D eigenvalue weighted by molar-refractivity contribution is -0.149. The maximum Gasteiger partial charge on any atom is 0.290 e. The predicted octanol–water partition coefficient (Wildman–Crippen LogP) is 2.66. The summed E-state index contributed by atoms with van der Waals surface area (Å²) in [5.41, 5.74) is 2.03. The third-order valence-electron chi connectivity index (χ3n) is 5.50. The number of fused-ring (bicyclic) bond motifs is 1. The number of nitrogens with zero attached hydrogens (tertiary/aromatic N) is 2. The fourth-order valence-electron chi connectivity index (χ4n) is 3.52. The first kappa shape index (κ1) is 16.7. The summed E-state index contributed by atoms with van der Waals surface area (Å²) < 4.78 is 34.8. The van der Waals surface area contributed by atoms with Crippen molar-refractivity contribution in [2.45, 2.75) is 51.7 Å². The van der Waals surface area contributed by atoms with Crippen molar-refractivity contribution in [1.82, 2.24) is 10.3 Å². The third-order valence-corrected chi connectivity index (χ3v) is 5.50. The van der Waals surface area contributed by atoms with Gasteiger partial charge in [-0.25, -0.2) is 13.8 Å². The number of ether oxygens (including phenoxy) is 1. The second-order valence-corrected chi connectivity index (χ2v) is 7.89. The van der Waals surface area contributed by atoms with E-state index in [1.54, 1.807) is 11.0 Å². The molecule has 5 nitrogen and oxygen atoms in total. The van der Waals surface area contributed by atoms with Crippen molar-refractivity contribution < 1.29 is 18.3 Å². The molecule has 136 valence electrons. The van der Waals surface area contributed by atoms with Gasteiger partial charge in [-0.2, -0.15) is 0 Å². The van der Waals surface area contributed by atoms with Crippen molar-refractivity contribution in [2.24, 2.45) is 5.41 Å². The minimum Gasteiger partial charge on any atom is -0.371 e. The zero-order valence-electron chi connectivity index (χ0n) is 14.6. The molecule has 0 unspecified atom stereocenters. The molecule has 1 saturated carbocycles. The first-order chi connectivity index (χ1) is 11.8. The van der Waals surface area contributed by atoms with Crippen LogP contribution in [0.4, 0.5) is 14.6 Å². The number of rotatable bonds is 4. The van der Waals surface area contributed by atoms with Crippen LogP contribution < -0.4 is 10.2 Å². The number of alkyl halides is 2. The van der Waals surface area contributed by atoms with Crippen LogP contribution in [0.5, 0.6) is 0 Å². The van der Waals surface area contributed by atoms with Gasteiger partial charge in [-0.1, -0.05) is 6.92 Å². The van der Waals surface area contributed by atoms with Gasteiger partial charge in [0.25, 0.3) is 11.8 Å². The molecule has 2 aliphatic heterocycles. The van der Waals surface area contributed by atoms with E-state index in [1.165, 1.54) is 0 Å². The second-order valence-electron chi connectivity index (χ2n) is 7.89. The maximum absolute atomic E-state index is 14.6. The fraction of sp³-hybridized carbons (Fsp3) is 0.667. The summed E-state index contributed by atoms with van der Waals surface area (Å²) in [4.78, 5) is 17.8. The Bertz CT molecular complexity index is 719. The Morgan fingerprint density at radius 3 is 2.88 bits per heavy atom. The summed E-state index contributed by atoms with van der Waals surface area (Å²) in [6, 6.07) is 1.74. The zero-order chi connectivity index (χ0) is 17.8. The van der Waals surface area contributed by atoms with E-state index < -0.39 is 18.6 Å². The highest BCUT2D eigenvalue weighted by atomic mass is 19.3. The normalized spacial score (nSPS) is 26.3. The topological polar surface area (TPSA) is 54.5 Å². The van der Waals surface area contributed by atoms with Crippen LogP contribution in [-0.4, -0.2) is 42.6 Å². The average molecular weight is 351 g/mol. The molecule has 1 aliphatic carbocycles. The van der Waals surface area contributed by atoms with E-state index in [0.717, 1.165) is 18.4 Å². The van der Waals surface area contributed by atoms with Crippen molar-refractivity contribution in [1.29, 1.82) is 0 Å². The number of nitrogens with one attached hydrogen (secondary N) is 1. The number of carbonyl (C=O) groups excluding carboxylic acids is 1. The van der Waals surface area contributed by atoms with Crippen LogP contribution in [-0.2, 0) is 11.3 Å². The predicted molar refractivity (Wildman–Crippen MR) is 89.0 cm³/mol. The van der Waals surface area contributed by atoms with Gasteiger partial charge in [-0.3, -0.25) is 4.79 Å². The Labute approximate surface area is 145 Å². The first-order valence-electron chi connectivity index (χ1n) is 8.81. The van der Waals surface area contributed by atoms with Gasteiger partial charge in [0.05, 0.1) is 31.0 Å². The average Bonchev–Trinajstić information content (AvgIpc) is 3.18. The van der Waals surface area contributed by atoms with Crippen LogP contribution >= 0.6 is 0 Å². The van der Waals surface area contributed by atoms with Crippen LogP contribution in [0.25, 0.3) is 0 Å². The van der Waals surface area contributed by atoms with Gasteiger partial charge in [-0.05, 0) is 43.2 Å². The lowest BCUT2D eigenvalue weighted by atomic mass is 10.0. The highest BCUT2D eigenvalue weighted by Gasteiger charge is 2.48. The Morgan fingerprint density at radius 1 is 1.44 bits per heavy atom. The van der Waals surface area contributed by atoms with Crippen LogP contribution in [0, 0.1) is 12.3 Å². The Morgan fingerprint density at radius 2 is 2.20 bits per heavy atom. The minimum atomic E-state index is -2.91.